The quantitative estimate of drug-likeness (QED) is 0.807. The number of ether oxygens (including phenoxy) is 1. The Morgan fingerprint density at radius 1 is 1.56 bits per heavy atom. The Labute approximate surface area is 106 Å². The summed E-state index contributed by atoms with van der Waals surface area (Å²) in [6, 6.07) is 0. The maximum Gasteiger partial charge on any atom is 0.295 e. The van der Waals surface area contributed by atoms with Gasteiger partial charge in [0.15, 0.2) is 5.82 Å². The molecular formula is C12H20N4O2. The molecule has 0 aromatic carbocycles. The van der Waals surface area contributed by atoms with Gasteiger partial charge in [0.25, 0.3) is 5.56 Å². The Kier molecular flexibility index (Phi) is 4.19. The van der Waals surface area contributed by atoms with E-state index in [4.69, 9.17) is 10.5 Å². The molecule has 0 bridgehead atoms. The Morgan fingerprint density at radius 3 is 2.89 bits per heavy atom. The van der Waals surface area contributed by atoms with Crippen molar-refractivity contribution in [1.29, 1.82) is 0 Å². The molecule has 2 rings (SSSR count). The maximum atomic E-state index is 11.6. The summed E-state index contributed by atoms with van der Waals surface area (Å²) in [4.78, 5) is 20.5. The number of nitrogens with two attached hydrogens (primary N) is 1. The molecule has 0 aliphatic carbocycles. The fourth-order valence-corrected chi connectivity index (χ4v) is 2.46. The summed E-state index contributed by atoms with van der Waals surface area (Å²) in [6.45, 7) is 2.55. The van der Waals surface area contributed by atoms with Crippen LogP contribution in [-0.2, 0) is 0 Å². The van der Waals surface area contributed by atoms with E-state index in [-0.39, 0.29) is 5.56 Å². The molecule has 1 saturated heterocycles. The highest BCUT2D eigenvalue weighted by Gasteiger charge is 2.23. The number of nitrogens with zero attached hydrogens (tertiary/aromatic N) is 2. The summed E-state index contributed by atoms with van der Waals surface area (Å²) in [5, 5.41) is 0. The number of aromatic nitrogens is 2. The molecule has 0 saturated carbocycles. The number of piperidine rings is 1. The Morgan fingerprint density at radius 2 is 2.28 bits per heavy atom. The second-order valence-corrected chi connectivity index (χ2v) is 4.60. The number of hydrogen-bond acceptors (Lipinski definition) is 5. The van der Waals surface area contributed by atoms with Gasteiger partial charge < -0.3 is 20.4 Å². The molecule has 0 radical (unpaired) electrons. The van der Waals surface area contributed by atoms with Crippen LogP contribution in [0, 0.1) is 5.92 Å². The summed E-state index contributed by atoms with van der Waals surface area (Å²) >= 11 is 0. The van der Waals surface area contributed by atoms with Crippen molar-refractivity contribution in [2.24, 2.45) is 11.7 Å². The van der Waals surface area contributed by atoms with E-state index in [1.807, 2.05) is 0 Å². The summed E-state index contributed by atoms with van der Waals surface area (Å²) in [6.07, 6.45) is 4.68. The molecule has 0 amide bonds. The molecular weight excluding hydrogens is 232 g/mol. The number of hydrogen-bond donors (Lipinski definition) is 2. The second-order valence-electron chi connectivity index (χ2n) is 4.60. The zero-order valence-electron chi connectivity index (χ0n) is 10.7. The molecule has 6 heteroatoms. The summed E-state index contributed by atoms with van der Waals surface area (Å²) in [7, 11) is 1.50. The average Bonchev–Trinajstić information content (AvgIpc) is 2.40. The van der Waals surface area contributed by atoms with Gasteiger partial charge in [-0.3, -0.25) is 4.79 Å². The molecule has 6 nitrogen and oxygen atoms in total. The lowest BCUT2D eigenvalue weighted by Gasteiger charge is -2.32. The van der Waals surface area contributed by atoms with Crippen molar-refractivity contribution in [3.8, 4) is 5.75 Å². The van der Waals surface area contributed by atoms with Crippen molar-refractivity contribution >= 4 is 5.82 Å². The molecule has 2 heterocycles. The minimum absolute atomic E-state index is 0.230. The van der Waals surface area contributed by atoms with Gasteiger partial charge in [0.1, 0.15) is 0 Å². The SMILES string of the molecule is COc1c(N2CCC(CCN)CC2)nc[nH]c1=O. The molecule has 1 aromatic heterocycles. The van der Waals surface area contributed by atoms with Gasteiger partial charge in [-0.1, -0.05) is 0 Å². The Hall–Kier alpha value is -1.56. The average molecular weight is 252 g/mol. The van der Waals surface area contributed by atoms with Gasteiger partial charge in [0.05, 0.1) is 13.4 Å². The highest BCUT2D eigenvalue weighted by Crippen LogP contribution is 2.27. The molecule has 1 aliphatic heterocycles. The second kappa shape index (κ2) is 5.86. The summed E-state index contributed by atoms with van der Waals surface area (Å²) in [5.74, 6) is 1.64. The van der Waals surface area contributed by atoms with Crippen molar-refractivity contribution in [1.82, 2.24) is 9.97 Å². The van der Waals surface area contributed by atoms with Gasteiger partial charge in [-0.25, -0.2) is 4.98 Å². The van der Waals surface area contributed by atoms with Gasteiger partial charge in [-0.05, 0) is 31.7 Å². The number of methoxy groups -OCH3 is 1. The lowest BCUT2D eigenvalue weighted by atomic mass is 9.93. The van der Waals surface area contributed by atoms with Crippen molar-refractivity contribution in [2.45, 2.75) is 19.3 Å². The number of H-pyrrole nitrogens is 1. The van der Waals surface area contributed by atoms with Crippen molar-refractivity contribution in [3.63, 3.8) is 0 Å². The number of nitrogens with one attached hydrogen (secondary N) is 1. The van der Waals surface area contributed by atoms with Gasteiger partial charge >= 0.3 is 0 Å². The minimum atomic E-state index is -0.230. The molecule has 0 unspecified atom stereocenters. The third-order valence-corrected chi connectivity index (χ3v) is 3.48. The van der Waals surface area contributed by atoms with E-state index < -0.39 is 0 Å². The van der Waals surface area contributed by atoms with Crippen LogP contribution >= 0.6 is 0 Å². The highest BCUT2D eigenvalue weighted by atomic mass is 16.5. The van der Waals surface area contributed by atoms with Crippen molar-refractivity contribution < 1.29 is 4.74 Å². The lowest BCUT2D eigenvalue weighted by Crippen LogP contribution is -2.36. The molecule has 0 atom stereocenters. The largest absolute Gasteiger partial charge is 0.489 e. The predicted octanol–water partition coefficient (Wildman–Crippen LogP) is 0.344. The monoisotopic (exact) mass is 252 g/mol. The van der Waals surface area contributed by atoms with E-state index in [1.54, 1.807) is 0 Å². The van der Waals surface area contributed by atoms with Gasteiger partial charge in [-0.2, -0.15) is 0 Å². The predicted molar refractivity (Wildman–Crippen MR) is 70.0 cm³/mol. The number of aromatic amines is 1. The molecule has 3 N–H and O–H groups in total. The minimum Gasteiger partial charge on any atom is -0.489 e. The summed E-state index contributed by atoms with van der Waals surface area (Å²) < 4.78 is 5.14. The molecule has 0 spiro atoms. The molecule has 1 aliphatic rings. The first-order valence-electron chi connectivity index (χ1n) is 6.33. The maximum absolute atomic E-state index is 11.6. The first-order chi connectivity index (χ1) is 8.76. The number of rotatable bonds is 4. The van der Waals surface area contributed by atoms with Crippen molar-refractivity contribution in [3.05, 3.63) is 16.7 Å². The van der Waals surface area contributed by atoms with Crippen molar-refractivity contribution in [2.75, 3.05) is 31.6 Å². The van der Waals surface area contributed by atoms with E-state index in [0.29, 0.717) is 17.5 Å². The fraction of sp³-hybridized carbons (Fsp3) is 0.667. The van der Waals surface area contributed by atoms with Crippen LogP contribution in [0.3, 0.4) is 0 Å². The lowest BCUT2D eigenvalue weighted by molar-refractivity contribution is 0.374. The molecule has 1 fully saturated rings. The first kappa shape index (κ1) is 12.9. The van der Waals surface area contributed by atoms with E-state index >= 15 is 0 Å². The van der Waals surface area contributed by atoms with Crippen LogP contribution in [0.5, 0.6) is 5.75 Å². The molecule has 1 aromatic rings. The first-order valence-corrected chi connectivity index (χ1v) is 6.33. The fourth-order valence-electron chi connectivity index (χ4n) is 2.46. The van der Waals surface area contributed by atoms with Gasteiger partial charge in [0, 0.05) is 13.1 Å². The highest BCUT2D eigenvalue weighted by molar-refractivity contribution is 5.50. The topological polar surface area (TPSA) is 84.2 Å². The normalized spacial score (nSPS) is 16.9. The van der Waals surface area contributed by atoms with Crippen LogP contribution < -0.4 is 20.9 Å². The van der Waals surface area contributed by atoms with Crippen LogP contribution in [0.25, 0.3) is 0 Å². The van der Waals surface area contributed by atoms with E-state index in [9.17, 15) is 4.79 Å². The van der Waals surface area contributed by atoms with E-state index in [1.165, 1.54) is 13.4 Å². The van der Waals surface area contributed by atoms with E-state index in [0.717, 1.165) is 38.9 Å². The van der Waals surface area contributed by atoms with Crippen LogP contribution in [-0.4, -0.2) is 36.7 Å². The standard InChI is InChI=1S/C12H20N4O2/c1-18-10-11(14-8-15-12(10)17)16-6-3-9(2-5-13)4-7-16/h8-9H,2-7,13H2,1H3,(H,14,15,17). The zero-order valence-corrected chi connectivity index (χ0v) is 10.7. The third kappa shape index (κ3) is 2.64. The molecule has 100 valence electrons. The molecule has 18 heavy (non-hydrogen) atoms. The Balaban J connectivity index is 2.10. The van der Waals surface area contributed by atoms with E-state index in [2.05, 4.69) is 14.9 Å². The number of anilines is 1. The zero-order chi connectivity index (χ0) is 13.0. The smallest absolute Gasteiger partial charge is 0.295 e. The van der Waals surface area contributed by atoms with Crippen LogP contribution in [0.15, 0.2) is 11.1 Å². The van der Waals surface area contributed by atoms with Crippen LogP contribution in [0.2, 0.25) is 0 Å². The van der Waals surface area contributed by atoms with Gasteiger partial charge in [-0.15, -0.1) is 0 Å². The van der Waals surface area contributed by atoms with Crippen LogP contribution in [0.4, 0.5) is 5.82 Å². The third-order valence-electron chi connectivity index (χ3n) is 3.48. The Bertz CT molecular complexity index is 438. The summed E-state index contributed by atoms with van der Waals surface area (Å²) in [5.41, 5.74) is 5.35. The van der Waals surface area contributed by atoms with Gasteiger partial charge in [0.2, 0.25) is 5.75 Å². The van der Waals surface area contributed by atoms with Crippen LogP contribution in [0.1, 0.15) is 19.3 Å².